The van der Waals surface area contributed by atoms with Crippen LogP contribution >= 0.6 is 11.6 Å². The average Bonchev–Trinajstić information content (AvgIpc) is 3.42. The van der Waals surface area contributed by atoms with Gasteiger partial charge in [-0.3, -0.25) is 4.68 Å². The number of nitrogens with two attached hydrogens (primary N) is 1. The lowest BCUT2D eigenvalue weighted by molar-refractivity contribution is 0.306. The van der Waals surface area contributed by atoms with E-state index < -0.39 is 0 Å². The number of ether oxygens (including phenoxy) is 1. The summed E-state index contributed by atoms with van der Waals surface area (Å²) in [4.78, 5) is 4.26. The molecule has 4 heterocycles. The van der Waals surface area contributed by atoms with Crippen molar-refractivity contribution in [2.24, 2.45) is 0 Å². The summed E-state index contributed by atoms with van der Waals surface area (Å²) in [5.41, 5.74) is 9.70. The van der Waals surface area contributed by atoms with Gasteiger partial charge in [-0.1, -0.05) is 11.6 Å². The standard InChI is InChI=1S/C21H21ClFN5O/c22-16-2-1-15(23)7-14(16)11-29-18-8-13(10-26-20(18)24)17-9-19-21(3-5-25-12-21)4-6-28(19)27-17/h1-2,7-10,25H,3-6,11-12H2,(H2,24,26)/t21-/m1/s1. The Morgan fingerprint density at radius 2 is 2.17 bits per heavy atom. The molecule has 6 nitrogen and oxygen atoms in total. The van der Waals surface area contributed by atoms with Crippen LogP contribution in [0.3, 0.4) is 0 Å². The molecule has 29 heavy (non-hydrogen) atoms. The molecule has 5 rings (SSSR count). The van der Waals surface area contributed by atoms with E-state index >= 15 is 0 Å². The van der Waals surface area contributed by atoms with Gasteiger partial charge in [0.25, 0.3) is 0 Å². The van der Waals surface area contributed by atoms with Crippen molar-refractivity contribution in [3.05, 3.63) is 58.6 Å². The van der Waals surface area contributed by atoms with Crippen molar-refractivity contribution in [1.29, 1.82) is 0 Å². The fourth-order valence-corrected chi connectivity index (χ4v) is 4.47. The Balaban J connectivity index is 1.41. The molecular formula is C21H21ClFN5O. The van der Waals surface area contributed by atoms with Gasteiger partial charge in [-0.05, 0) is 49.7 Å². The minimum Gasteiger partial charge on any atom is -0.485 e. The van der Waals surface area contributed by atoms with Gasteiger partial charge in [0, 0.05) is 46.5 Å². The molecule has 1 aromatic carbocycles. The number of rotatable bonds is 4. The Kier molecular flexibility index (Phi) is 4.44. The zero-order valence-electron chi connectivity index (χ0n) is 15.8. The number of anilines is 1. The zero-order valence-corrected chi connectivity index (χ0v) is 16.5. The fourth-order valence-electron chi connectivity index (χ4n) is 4.30. The number of nitrogens with zero attached hydrogens (tertiary/aromatic N) is 3. The van der Waals surface area contributed by atoms with E-state index in [2.05, 4.69) is 21.0 Å². The lowest BCUT2D eigenvalue weighted by Crippen LogP contribution is -2.25. The van der Waals surface area contributed by atoms with Crippen LogP contribution in [0.2, 0.25) is 5.02 Å². The maximum atomic E-state index is 13.5. The van der Waals surface area contributed by atoms with Crippen molar-refractivity contribution in [3.63, 3.8) is 0 Å². The fraction of sp³-hybridized carbons (Fsp3) is 0.333. The highest BCUT2D eigenvalue weighted by Gasteiger charge is 2.42. The van der Waals surface area contributed by atoms with Crippen molar-refractivity contribution in [1.82, 2.24) is 20.1 Å². The summed E-state index contributed by atoms with van der Waals surface area (Å²) in [6, 6.07) is 8.15. The molecule has 1 atom stereocenters. The molecule has 3 N–H and O–H groups in total. The summed E-state index contributed by atoms with van der Waals surface area (Å²) in [6.07, 6.45) is 3.97. The maximum Gasteiger partial charge on any atom is 0.166 e. The van der Waals surface area contributed by atoms with Gasteiger partial charge in [0.15, 0.2) is 11.6 Å². The Bertz CT molecular complexity index is 1080. The summed E-state index contributed by atoms with van der Waals surface area (Å²) in [7, 11) is 0. The predicted octanol–water partition coefficient (Wildman–Crippen LogP) is 3.53. The van der Waals surface area contributed by atoms with E-state index in [1.807, 2.05) is 6.07 Å². The molecule has 1 saturated heterocycles. The van der Waals surface area contributed by atoms with Crippen molar-refractivity contribution >= 4 is 17.4 Å². The van der Waals surface area contributed by atoms with Gasteiger partial charge in [-0.2, -0.15) is 5.10 Å². The molecule has 0 aliphatic carbocycles. The molecule has 8 heteroatoms. The molecule has 1 fully saturated rings. The first-order valence-electron chi connectivity index (χ1n) is 9.66. The minimum atomic E-state index is -0.365. The second-order valence-electron chi connectivity index (χ2n) is 7.73. The first-order chi connectivity index (χ1) is 14.0. The van der Waals surface area contributed by atoms with Crippen LogP contribution in [0.25, 0.3) is 11.3 Å². The summed E-state index contributed by atoms with van der Waals surface area (Å²) >= 11 is 6.12. The van der Waals surface area contributed by atoms with Gasteiger partial charge >= 0.3 is 0 Å². The van der Waals surface area contributed by atoms with Crippen LogP contribution in [-0.2, 0) is 18.6 Å². The van der Waals surface area contributed by atoms with Crippen LogP contribution in [-0.4, -0.2) is 27.9 Å². The summed E-state index contributed by atoms with van der Waals surface area (Å²) in [6.45, 7) is 3.08. The highest BCUT2D eigenvalue weighted by Crippen LogP contribution is 2.41. The van der Waals surface area contributed by atoms with E-state index in [0.29, 0.717) is 16.3 Å². The van der Waals surface area contributed by atoms with Crippen molar-refractivity contribution in [2.45, 2.75) is 31.4 Å². The van der Waals surface area contributed by atoms with Gasteiger partial charge in [0.1, 0.15) is 12.4 Å². The average molecular weight is 414 g/mol. The zero-order chi connectivity index (χ0) is 20.0. The van der Waals surface area contributed by atoms with Crippen LogP contribution in [0.5, 0.6) is 5.75 Å². The minimum absolute atomic E-state index is 0.0976. The number of aromatic nitrogens is 3. The van der Waals surface area contributed by atoms with Crippen LogP contribution in [0.4, 0.5) is 10.2 Å². The first-order valence-corrected chi connectivity index (χ1v) is 10.0. The molecule has 2 aliphatic rings. The highest BCUT2D eigenvalue weighted by atomic mass is 35.5. The number of nitrogen functional groups attached to an aromatic ring is 1. The second kappa shape index (κ2) is 7.00. The number of fused-ring (bicyclic) bond motifs is 2. The molecule has 0 amide bonds. The van der Waals surface area contributed by atoms with Gasteiger partial charge < -0.3 is 15.8 Å². The number of nitrogens with one attached hydrogen (secondary N) is 1. The topological polar surface area (TPSA) is 78.0 Å². The number of benzene rings is 1. The third-order valence-corrected chi connectivity index (χ3v) is 6.31. The van der Waals surface area contributed by atoms with Crippen molar-refractivity contribution < 1.29 is 9.13 Å². The highest BCUT2D eigenvalue weighted by molar-refractivity contribution is 6.31. The van der Waals surface area contributed by atoms with Gasteiger partial charge in [-0.15, -0.1) is 0 Å². The lowest BCUT2D eigenvalue weighted by atomic mass is 9.82. The molecule has 1 spiro atoms. The molecule has 2 aromatic heterocycles. The van der Waals surface area contributed by atoms with Crippen LogP contribution < -0.4 is 15.8 Å². The molecule has 0 radical (unpaired) electrons. The van der Waals surface area contributed by atoms with Crippen molar-refractivity contribution in [3.8, 4) is 17.0 Å². The monoisotopic (exact) mass is 413 g/mol. The number of halogens is 2. The molecule has 0 bridgehead atoms. The molecule has 2 aliphatic heterocycles. The smallest absolute Gasteiger partial charge is 0.166 e. The van der Waals surface area contributed by atoms with E-state index in [1.165, 1.54) is 23.9 Å². The quantitative estimate of drug-likeness (QED) is 0.684. The Morgan fingerprint density at radius 3 is 3.00 bits per heavy atom. The number of hydrogen-bond donors (Lipinski definition) is 2. The van der Waals surface area contributed by atoms with E-state index in [-0.39, 0.29) is 23.7 Å². The van der Waals surface area contributed by atoms with E-state index in [4.69, 9.17) is 27.2 Å². The summed E-state index contributed by atoms with van der Waals surface area (Å²) in [5, 5.41) is 8.69. The first kappa shape index (κ1) is 18.4. The van der Waals surface area contributed by atoms with E-state index in [9.17, 15) is 4.39 Å². The normalized spacial score (nSPS) is 20.3. The van der Waals surface area contributed by atoms with Crippen molar-refractivity contribution in [2.75, 3.05) is 18.8 Å². The van der Waals surface area contributed by atoms with Gasteiger partial charge in [0.2, 0.25) is 0 Å². The third-order valence-electron chi connectivity index (χ3n) is 5.94. The van der Waals surface area contributed by atoms with Crippen LogP contribution in [0, 0.1) is 5.82 Å². The Hall–Kier alpha value is -2.64. The van der Waals surface area contributed by atoms with E-state index in [0.717, 1.165) is 43.7 Å². The van der Waals surface area contributed by atoms with Crippen LogP contribution in [0.1, 0.15) is 24.1 Å². The predicted molar refractivity (Wildman–Crippen MR) is 109 cm³/mol. The Morgan fingerprint density at radius 1 is 1.28 bits per heavy atom. The number of aryl methyl sites for hydroxylation is 1. The summed E-state index contributed by atoms with van der Waals surface area (Å²) in [5.74, 6) is 0.327. The molecule has 3 aromatic rings. The SMILES string of the molecule is Nc1ncc(-c2cc3n(n2)CC[C@@]32CCNC2)cc1OCc1cc(F)ccc1Cl. The third kappa shape index (κ3) is 3.24. The second-order valence-corrected chi connectivity index (χ2v) is 8.13. The van der Waals surface area contributed by atoms with Gasteiger partial charge in [0.05, 0.1) is 5.69 Å². The molecule has 0 saturated carbocycles. The molecule has 150 valence electrons. The Labute approximate surface area is 172 Å². The van der Waals surface area contributed by atoms with Gasteiger partial charge in [-0.25, -0.2) is 9.37 Å². The summed E-state index contributed by atoms with van der Waals surface area (Å²) < 4.78 is 21.4. The largest absolute Gasteiger partial charge is 0.485 e. The molecular weight excluding hydrogens is 393 g/mol. The van der Waals surface area contributed by atoms with E-state index in [1.54, 1.807) is 6.20 Å². The maximum absolute atomic E-state index is 13.5. The lowest BCUT2D eigenvalue weighted by Gasteiger charge is -2.20. The van der Waals surface area contributed by atoms with Crippen LogP contribution in [0.15, 0.2) is 36.5 Å². The number of hydrogen-bond acceptors (Lipinski definition) is 5. The molecule has 0 unspecified atom stereocenters. The number of pyridine rings is 1.